The maximum absolute atomic E-state index is 11.8. The first-order valence-electron chi connectivity index (χ1n) is 6.23. The van der Waals surface area contributed by atoms with Gasteiger partial charge in [0.25, 0.3) is 0 Å². The van der Waals surface area contributed by atoms with Gasteiger partial charge < -0.3 is 9.64 Å². The molecule has 1 unspecified atom stereocenters. The highest BCUT2D eigenvalue weighted by atomic mass is 16.5. The Morgan fingerprint density at radius 2 is 1.94 bits per heavy atom. The molecule has 17 heavy (non-hydrogen) atoms. The summed E-state index contributed by atoms with van der Waals surface area (Å²) in [5.74, 6) is 0.108. The molecule has 98 valence electrons. The molecule has 0 aromatic rings. The standard InChI is InChI=1S/C12H22N2O3/c1-4-14(5-2)10(15)8-13-11(9-6-7-9)12(16)17-3/h9,11,13H,4-8H2,1-3H3. The summed E-state index contributed by atoms with van der Waals surface area (Å²) in [5.41, 5.74) is 0. The Morgan fingerprint density at radius 1 is 1.35 bits per heavy atom. The minimum absolute atomic E-state index is 0.0320. The van der Waals surface area contributed by atoms with Crippen LogP contribution in [0.3, 0.4) is 0 Å². The minimum atomic E-state index is -0.320. The van der Waals surface area contributed by atoms with Gasteiger partial charge in [0.15, 0.2) is 0 Å². The van der Waals surface area contributed by atoms with E-state index in [1.165, 1.54) is 7.11 Å². The molecule has 0 radical (unpaired) electrons. The molecule has 0 heterocycles. The van der Waals surface area contributed by atoms with Gasteiger partial charge in [0.05, 0.1) is 13.7 Å². The lowest BCUT2D eigenvalue weighted by Gasteiger charge is -2.21. The third kappa shape index (κ3) is 4.00. The molecule has 0 aromatic carbocycles. The summed E-state index contributed by atoms with van der Waals surface area (Å²) < 4.78 is 4.73. The number of nitrogens with one attached hydrogen (secondary N) is 1. The predicted octanol–water partition coefficient (Wildman–Crippen LogP) is 0.396. The van der Waals surface area contributed by atoms with Gasteiger partial charge in [0.2, 0.25) is 5.91 Å². The first-order chi connectivity index (χ1) is 8.13. The Balaban J connectivity index is 2.41. The van der Waals surface area contributed by atoms with Crippen molar-refractivity contribution in [3.8, 4) is 0 Å². The van der Waals surface area contributed by atoms with Crippen LogP contribution >= 0.6 is 0 Å². The number of hydrogen-bond donors (Lipinski definition) is 1. The molecule has 1 rings (SSSR count). The number of hydrogen-bond acceptors (Lipinski definition) is 4. The summed E-state index contributed by atoms with van der Waals surface area (Å²) >= 11 is 0. The fraction of sp³-hybridized carbons (Fsp3) is 0.833. The van der Waals surface area contributed by atoms with Crippen LogP contribution in [-0.2, 0) is 14.3 Å². The summed E-state index contributed by atoms with van der Waals surface area (Å²) in [6, 6.07) is -0.320. The SMILES string of the molecule is CCN(CC)C(=O)CNC(C(=O)OC)C1CC1. The summed E-state index contributed by atoms with van der Waals surface area (Å²) in [6.07, 6.45) is 2.07. The molecule has 1 aliphatic carbocycles. The first-order valence-corrected chi connectivity index (χ1v) is 6.23. The number of likely N-dealkylation sites (N-methyl/N-ethyl adjacent to an activating group) is 1. The summed E-state index contributed by atoms with van der Waals surface area (Å²) in [6.45, 7) is 5.49. The molecule has 0 saturated heterocycles. The van der Waals surface area contributed by atoms with E-state index < -0.39 is 0 Å². The van der Waals surface area contributed by atoms with Crippen molar-refractivity contribution < 1.29 is 14.3 Å². The van der Waals surface area contributed by atoms with Crippen molar-refractivity contribution in [2.24, 2.45) is 5.92 Å². The molecule has 1 fully saturated rings. The lowest BCUT2D eigenvalue weighted by Crippen LogP contribution is -2.46. The van der Waals surface area contributed by atoms with Crippen molar-refractivity contribution in [3.63, 3.8) is 0 Å². The van der Waals surface area contributed by atoms with Gasteiger partial charge in [-0.15, -0.1) is 0 Å². The number of amides is 1. The predicted molar refractivity (Wildman–Crippen MR) is 64.5 cm³/mol. The number of nitrogens with zero attached hydrogens (tertiary/aromatic N) is 1. The van der Waals surface area contributed by atoms with Crippen molar-refractivity contribution in [1.82, 2.24) is 10.2 Å². The molecular formula is C12H22N2O3. The molecule has 0 bridgehead atoms. The van der Waals surface area contributed by atoms with E-state index in [9.17, 15) is 9.59 Å². The van der Waals surface area contributed by atoms with E-state index >= 15 is 0 Å². The van der Waals surface area contributed by atoms with Gasteiger partial charge in [-0.3, -0.25) is 14.9 Å². The molecule has 5 heteroatoms. The number of esters is 1. The highest BCUT2D eigenvalue weighted by Crippen LogP contribution is 2.33. The summed E-state index contributed by atoms with van der Waals surface area (Å²) in [7, 11) is 1.38. The van der Waals surface area contributed by atoms with Crippen molar-refractivity contribution in [3.05, 3.63) is 0 Å². The first kappa shape index (κ1) is 14.0. The third-order valence-corrected chi connectivity index (χ3v) is 3.14. The monoisotopic (exact) mass is 242 g/mol. The fourth-order valence-corrected chi connectivity index (χ4v) is 1.88. The normalized spacial score (nSPS) is 16.4. The van der Waals surface area contributed by atoms with E-state index in [-0.39, 0.29) is 24.5 Å². The lowest BCUT2D eigenvalue weighted by atomic mass is 10.2. The molecule has 1 atom stereocenters. The second-order valence-electron chi connectivity index (χ2n) is 4.29. The van der Waals surface area contributed by atoms with Crippen molar-refractivity contribution >= 4 is 11.9 Å². The number of methoxy groups -OCH3 is 1. The largest absolute Gasteiger partial charge is 0.468 e. The second kappa shape index (κ2) is 6.59. The zero-order valence-corrected chi connectivity index (χ0v) is 10.9. The molecule has 0 aromatic heterocycles. The van der Waals surface area contributed by atoms with Crippen LogP contribution in [0, 0.1) is 5.92 Å². The summed E-state index contributed by atoms with van der Waals surface area (Å²) in [4.78, 5) is 25.0. The van der Waals surface area contributed by atoms with E-state index in [0.717, 1.165) is 12.8 Å². The van der Waals surface area contributed by atoms with E-state index in [4.69, 9.17) is 4.74 Å². The smallest absolute Gasteiger partial charge is 0.323 e. The maximum atomic E-state index is 11.8. The van der Waals surface area contributed by atoms with Crippen molar-refractivity contribution in [2.45, 2.75) is 32.7 Å². The number of ether oxygens (including phenoxy) is 1. The average molecular weight is 242 g/mol. The molecular weight excluding hydrogens is 220 g/mol. The van der Waals surface area contributed by atoms with Crippen LogP contribution in [-0.4, -0.2) is 49.6 Å². The Labute approximate surface area is 102 Å². The van der Waals surface area contributed by atoms with Crippen LogP contribution in [0.1, 0.15) is 26.7 Å². The van der Waals surface area contributed by atoms with Gasteiger partial charge in [-0.25, -0.2) is 0 Å². The van der Waals surface area contributed by atoms with E-state index in [1.54, 1.807) is 4.90 Å². The third-order valence-electron chi connectivity index (χ3n) is 3.14. The van der Waals surface area contributed by atoms with Gasteiger partial charge in [0, 0.05) is 13.1 Å². The molecule has 1 N–H and O–H groups in total. The van der Waals surface area contributed by atoms with Gasteiger partial charge in [-0.2, -0.15) is 0 Å². The zero-order chi connectivity index (χ0) is 12.8. The molecule has 1 aliphatic rings. The highest BCUT2D eigenvalue weighted by molar-refractivity contribution is 5.80. The van der Waals surface area contributed by atoms with Crippen LogP contribution in [0.4, 0.5) is 0 Å². The van der Waals surface area contributed by atoms with E-state index in [2.05, 4.69) is 5.32 Å². The average Bonchev–Trinajstić information content (AvgIpc) is 3.15. The van der Waals surface area contributed by atoms with Gasteiger partial charge >= 0.3 is 5.97 Å². The zero-order valence-electron chi connectivity index (χ0n) is 10.9. The fourth-order valence-electron chi connectivity index (χ4n) is 1.88. The topological polar surface area (TPSA) is 58.6 Å². The highest BCUT2D eigenvalue weighted by Gasteiger charge is 2.37. The Bertz CT molecular complexity index is 273. The van der Waals surface area contributed by atoms with Crippen molar-refractivity contribution in [1.29, 1.82) is 0 Å². The van der Waals surface area contributed by atoms with Crippen molar-refractivity contribution in [2.75, 3.05) is 26.7 Å². The maximum Gasteiger partial charge on any atom is 0.323 e. The quantitative estimate of drug-likeness (QED) is 0.656. The number of carbonyl (C=O) groups is 2. The van der Waals surface area contributed by atoms with Crippen LogP contribution in [0.25, 0.3) is 0 Å². The molecule has 0 aliphatic heterocycles. The number of carbonyl (C=O) groups excluding carboxylic acids is 2. The van der Waals surface area contributed by atoms with E-state index in [1.807, 2.05) is 13.8 Å². The van der Waals surface area contributed by atoms with Crippen LogP contribution < -0.4 is 5.32 Å². The van der Waals surface area contributed by atoms with Crippen LogP contribution in [0.5, 0.6) is 0 Å². The Morgan fingerprint density at radius 3 is 2.35 bits per heavy atom. The summed E-state index contributed by atoms with van der Waals surface area (Å²) in [5, 5.41) is 3.02. The molecule has 0 spiro atoms. The number of rotatable bonds is 7. The van der Waals surface area contributed by atoms with Crippen LogP contribution in [0.15, 0.2) is 0 Å². The lowest BCUT2D eigenvalue weighted by molar-refractivity contribution is -0.144. The molecule has 5 nitrogen and oxygen atoms in total. The molecule has 1 saturated carbocycles. The van der Waals surface area contributed by atoms with Gasteiger partial charge in [-0.05, 0) is 32.6 Å². The molecule has 1 amide bonds. The van der Waals surface area contributed by atoms with Gasteiger partial charge in [-0.1, -0.05) is 0 Å². The Kier molecular flexibility index (Phi) is 5.41. The Hall–Kier alpha value is -1.10. The van der Waals surface area contributed by atoms with Crippen LogP contribution in [0.2, 0.25) is 0 Å². The minimum Gasteiger partial charge on any atom is -0.468 e. The van der Waals surface area contributed by atoms with Gasteiger partial charge in [0.1, 0.15) is 6.04 Å². The van der Waals surface area contributed by atoms with E-state index in [0.29, 0.717) is 19.0 Å². The second-order valence-corrected chi connectivity index (χ2v) is 4.29.